The second kappa shape index (κ2) is 7.93. The molecule has 0 fully saturated rings. The second-order valence-electron chi connectivity index (χ2n) is 4.92. The molecule has 0 saturated carbocycles. The van der Waals surface area contributed by atoms with Crippen LogP contribution in [0.3, 0.4) is 0 Å². The van der Waals surface area contributed by atoms with Gasteiger partial charge in [0.05, 0.1) is 0 Å². The zero-order chi connectivity index (χ0) is 16.7. The SMILES string of the molecule is CNC(=O)Nc1ccc(NC(=O)CCc2ccccc2F)cc1. The molecule has 3 N–H and O–H groups in total. The highest BCUT2D eigenvalue weighted by Gasteiger charge is 2.06. The molecule has 2 aromatic rings. The van der Waals surface area contributed by atoms with Crippen molar-refractivity contribution >= 4 is 23.3 Å². The van der Waals surface area contributed by atoms with Crippen LogP contribution in [0.2, 0.25) is 0 Å². The van der Waals surface area contributed by atoms with Crippen molar-refractivity contribution in [2.24, 2.45) is 0 Å². The molecule has 120 valence electrons. The molecule has 5 nitrogen and oxygen atoms in total. The fraction of sp³-hybridized carbons (Fsp3) is 0.176. The van der Waals surface area contributed by atoms with Gasteiger partial charge in [0.1, 0.15) is 5.82 Å². The van der Waals surface area contributed by atoms with Gasteiger partial charge in [0.25, 0.3) is 0 Å². The van der Waals surface area contributed by atoms with Crippen molar-refractivity contribution in [3.63, 3.8) is 0 Å². The largest absolute Gasteiger partial charge is 0.341 e. The predicted molar refractivity (Wildman–Crippen MR) is 87.9 cm³/mol. The minimum Gasteiger partial charge on any atom is -0.341 e. The Kier molecular flexibility index (Phi) is 5.68. The number of anilines is 2. The van der Waals surface area contributed by atoms with Gasteiger partial charge < -0.3 is 16.0 Å². The Morgan fingerprint density at radius 3 is 2.17 bits per heavy atom. The number of carbonyl (C=O) groups is 2. The maximum absolute atomic E-state index is 13.5. The highest BCUT2D eigenvalue weighted by molar-refractivity contribution is 5.92. The fourth-order valence-corrected chi connectivity index (χ4v) is 2.00. The van der Waals surface area contributed by atoms with Crippen molar-refractivity contribution in [2.75, 3.05) is 17.7 Å². The number of carbonyl (C=O) groups excluding carboxylic acids is 2. The van der Waals surface area contributed by atoms with Crippen LogP contribution in [-0.4, -0.2) is 19.0 Å². The lowest BCUT2D eigenvalue weighted by molar-refractivity contribution is -0.116. The van der Waals surface area contributed by atoms with Crippen LogP contribution >= 0.6 is 0 Å². The van der Waals surface area contributed by atoms with Crippen LogP contribution in [-0.2, 0) is 11.2 Å². The number of hydrogen-bond acceptors (Lipinski definition) is 2. The molecular formula is C17H18FN3O2. The minimum absolute atomic E-state index is 0.194. The topological polar surface area (TPSA) is 70.2 Å². The molecule has 0 saturated heterocycles. The number of amides is 3. The third kappa shape index (κ3) is 5.10. The summed E-state index contributed by atoms with van der Waals surface area (Å²) < 4.78 is 13.5. The van der Waals surface area contributed by atoms with Gasteiger partial charge in [0, 0.05) is 24.8 Å². The Hall–Kier alpha value is -2.89. The summed E-state index contributed by atoms with van der Waals surface area (Å²) in [5, 5.41) is 7.80. The van der Waals surface area contributed by atoms with E-state index < -0.39 is 0 Å². The smallest absolute Gasteiger partial charge is 0.318 e. The lowest BCUT2D eigenvalue weighted by atomic mass is 10.1. The number of aryl methyl sites for hydroxylation is 1. The summed E-state index contributed by atoms with van der Waals surface area (Å²) in [6, 6.07) is 12.8. The fourth-order valence-electron chi connectivity index (χ4n) is 2.00. The molecule has 0 aliphatic carbocycles. The average molecular weight is 315 g/mol. The Bertz CT molecular complexity index is 686. The highest BCUT2D eigenvalue weighted by Crippen LogP contribution is 2.14. The normalized spacial score (nSPS) is 10.0. The minimum atomic E-state index is -0.313. The molecule has 0 aromatic heterocycles. The standard InChI is InChI=1S/C17H18FN3O2/c1-19-17(23)21-14-9-7-13(8-10-14)20-16(22)11-6-12-4-2-3-5-15(12)18/h2-5,7-10H,6,11H2,1H3,(H,20,22)(H2,19,21,23). The summed E-state index contributed by atoms with van der Waals surface area (Å²) >= 11 is 0. The molecule has 23 heavy (non-hydrogen) atoms. The van der Waals surface area contributed by atoms with Crippen LogP contribution in [0.4, 0.5) is 20.6 Å². The van der Waals surface area contributed by atoms with E-state index in [9.17, 15) is 14.0 Å². The molecule has 0 bridgehead atoms. The first-order valence-electron chi connectivity index (χ1n) is 7.20. The van der Waals surface area contributed by atoms with Gasteiger partial charge in [-0.05, 0) is 42.3 Å². The van der Waals surface area contributed by atoms with E-state index in [1.165, 1.54) is 13.1 Å². The lowest BCUT2D eigenvalue weighted by Gasteiger charge is -2.08. The first-order chi connectivity index (χ1) is 11.1. The first kappa shape index (κ1) is 16.5. The number of hydrogen-bond donors (Lipinski definition) is 3. The molecule has 3 amide bonds. The molecule has 2 aromatic carbocycles. The van der Waals surface area contributed by atoms with Crippen molar-refractivity contribution in [3.8, 4) is 0 Å². The molecule has 0 radical (unpaired) electrons. The van der Waals surface area contributed by atoms with Gasteiger partial charge in [-0.2, -0.15) is 0 Å². The maximum Gasteiger partial charge on any atom is 0.318 e. The highest BCUT2D eigenvalue weighted by atomic mass is 19.1. The predicted octanol–water partition coefficient (Wildman–Crippen LogP) is 3.15. The average Bonchev–Trinajstić information content (AvgIpc) is 2.56. The molecule has 6 heteroatoms. The van der Waals surface area contributed by atoms with Crippen LogP contribution in [0.1, 0.15) is 12.0 Å². The Labute approximate surface area is 133 Å². The molecule has 0 heterocycles. The number of halogens is 1. The van der Waals surface area contributed by atoms with Gasteiger partial charge in [-0.25, -0.2) is 9.18 Å². The number of nitrogens with one attached hydrogen (secondary N) is 3. The quantitative estimate of drug-likeness (QED) is 0.793. The van der Waals surface area contributed by atoms with E-state index in [0.717, 1.165) is 0 Å². The summed E-state index contributed by atoms with van der Waals surface area (Å²) in [7, 11) is 1.53. The van der Waals surface area contributed by atoms with E-state index in [2.05, 4.69) is 16.0 Å². The molecular weight excluding hydrogens is 297 g/mol. The summed E-state index contributed by atoms with van der Waals surface area (Å²) in [5.41, 5.74) is 1.76. The third-order valence-electron chi connectivity index (χ3n) is 3.23. The molecule has 0 atom stereocenters. The first-order valence-corrected chi connectivity index (χ1v) is 7.20. The number of rotatable bonds is 5. The van der Waals surface area contributed by atoms with Crippen LogP contribution in [0.15, 0.2) is 48.5 Å². The summed E-state index contributed by atoms with van der Waals surface area (Å²) in [5.74, 6) is -0.495. The summed E-state index contributed by atoms with van der Waals surface area (Å²) in [6.45, 7) is 0. The van der Waals surface area contributed by atoms with Gasteiger partial charge in [-0.3, -0.25) is 4.79 Å². The van der Waals surface area contributed by atoms with Crippen LogP contribution in [0.5, 0.6) is 0 Å². The van der Waals surface area contributed by atoms with Crippen LogP contribution in [0, 0.1) is 5.82 Å². The Morgan fingerprint density at radius 2 is 1.57 bits per heavy atom. The van der Waals surface area contributed by atoms with Crippen LogP contribution in [0.25, 0.3) is 0 Å². The monoisotopic (exact) mass is 315 g/mol. The van der Waals surface area contributed by atoms with E-state index in [1.807, 2.05) is 0 Å². The van der Waals surface area contributed by atoms with Gasteiger partial charge in [0.15, 0.2) is 0 Å². The van der Waals surface area contributed by atoms with E-state index in [-0.39, 0.29) is 24.2 Å². The second-order valence-corrected chi connectivity index (χ2v) is 4.92. The third-order valence-corrected chi connectivity index (χ3v) is 3.23. The van der Waals surface area contributed by atoms with Crippen molar-refractivity contribution in [3.05, 3.63) is 59.9 Å². The van der Waals surface area contributed by atoms with Gasteiger partial charge in [0.2, 0.25) is 5.91 Å². The van der Waals surface area contributed by atoms with E-state index in [4.69, 9.17) is 0 Å². The maximum atomic E-state index is 13.5. The van der Waals surface area contributed by atoms with Gasteiger partial charge >= 0.3 is 6.03 Å². The van der Waals surface area contributed by atoms with Crippen LogP contribution < -0.4 is 16.0 Å². The molecule has 0 spiro atoms. The van der Waals surface area contributed by atoms with Crippen molar-refractivity contribution in [1.29, 1.82) is 0 Å². The Balaban J connectivity index is 1.85. The van der Waals surface area contributed by atoms with E-state index in [1.54, 1.807) is 42.5 Å². The van der Waals surface area contributed by atoms with E-state index in [0.29, 0.717) is 23.4 Å². The molecule has 0 aliphatic heterocycles. The summed E-state index contributed by atoms with van der Waals surface area (Å²) in [4.78, 5) is 23.1. The van der Waals surface area contributed by atoms with E-state index >= 15 is 0 Å². The van der Waals surface area contributed by atoms with Crippen molar-refractivity contribution < 1.29 is 14.0 Å². The van der Waals surface area contributed by atoms with Crippen molar-refractivity contribution in [1.82, 2.24) is 5.32 Å². The number of benzene rings is 2. The molecule has 0 unspecified atom stereocenters. The summed E-state index contributed by atoms with van der Waals surface area (Å²) in [6.07, 6.45) is 0.536. The van der Waals surface area contributed by atoms with Gasteiger partial charge in [-0.15, -0.1) is 0 Å². The Morgan fingerprint density at radius 1 is 0.957 bits per heavy atom. The zero-order valence-electron chi connectivity index (χ0n) is 12.7. The lowest BCUT2D eigenvalue weighted by Crippen LogP contribution is -2.24. The molecule has 0 aliphatic rings. The zero-order valence-corrected chi connectivity index (χ0v) is 12.7. The van der Waals surface area contributed by atoms with Gasteiger partial charge in [-0.1, -0.05) is 18.2 Å². The molecule has 2 rings (SSSR count). The van der Waals surface area contributed by atoms with Crippen molar-refractivity contribution in [2.45, 2.75) is 12.8 Å². The number of urea groups is 1.